The number of carbonyl (C=O) groups is 2. The summed E-state index contributed by atoms with van der Waals surface area (Å²) in [6, 6.07) is 1.80. The van der Waals surface area contributed by atoms with Gasteiger partial charge in [-0.3, -0.25) is 9.48 Å². The molecule has 0 aromatic carbocycles. The van der Waals surface area contributed by atoms with E-state index in [4.69, 9.17) is 4.42 Å². The van der Waals surface area contributed by atoms with Crippen molar-refractivity contribution in [2.75, 3.05) is 6.54 Å². The van der Waals surface area contributed by atoms with Crippen molar-refractivity contribution in [2.45, 2.75) is 53.1 Å². The van der Waals surface area contributed by atoms with Gasteiger partial charge in [0.2, 0.25) is 0 Å². The second-order valence-electron chi connectivity index (χ2n) is 6.64. The summed E-state index contributed by atoms with van der Waals surface area (Å²) in [5.74, 6) is 0.402. The predicted octanol–water partition coefficient (Wildman–Crippen LogP) is 2.82. The number of hydrogen-bond donors (Lipinski definition) is 1. The third kappa shape index (κ3) is 2.94. The van der Waals surface area contributed by atoms with Gasteiger partial charge in [0.15, 0.2) is 5.69 Å². The summed E-state index contributed by atoms with van der Waals surface area (Å²) >= 11 is 0. The number of carboxylic acid groups (broad SMARTS) is 1. The van der Waals surface area contributed by atoms with Crippen LogP contribution in [0.2, 0.25) is 0 Å². The molecular weight excluding hydrogens is 322 g/mol. The molecule has 2 aromatic rings. The number of nitrogens with zero attached hydrogens (tertiary/aromatic N) is 3. The van der Waals surface area contributed by atoms with E-state index < -0.39 is 5.97 Å². The molecule has 0 radical (unpaired) electrons. The molecular formula is C18H23N3O4. The molecule has 0 spiro atoms. The summed E-state index contributed by atoms with van der Waals surface area (Å²) in [5.41, 5.74) is 2.14. The van der Waals surface area contributed by atoms with Crippen molar-refractivity contribution in [3.8, 4) is 0 Å². The van der Waals surface area contributed by atoms with E-state index in [1.165, 1.54) is 0 Å². The van der Waals surface area contributed by atoms with Crippen LogP contribution in [0, 0.1) is 6.92 Å². The van der Waals surface area contributed by atoms with Gasteiger partial charge in [0.25, 0.3) is 5.91 Å². The van der Waals surface area contributed by atoms with Crippen molar-refractivity contribution in [3.63, 3.8) is 0 Å². The number of aryl methyl sites for hydroxylation is 2. The van der Waals surface area contributed by atoms with E-state index in [1.807, 2.05) is 20.8 Å². The van der Waals surface area contributed by atoms with Crippen molar-refractivity contribution in [2.24, 2.45) is 0 Å². The van der Waals surface area contributed by atoms with Gasteiger partial charge in [-0.25, -0.2) is 4.79 Å². The molecule has 7 nitrogen and oxygen atoms in total. The van der Waals surface area contributed by atoms with E-state index in [2.05, 4.69) is 5.10 Å². The number of hydrogen-bond acceptors (Lipinski definition) is 4. The lowest BCUT2D eigenvalue weighted by atomic mass is 10.0. The molecule has 0 aliphatic carbocycles. The number of aromatic carboxylic acids is 1. The van der Waals surface area contributed by atoms with Crippen molar-refractivity contribution in [1.82, 2.24) is 14.7 Å². The van der Waals surface area contributed by atoms with Crippen LogP contribution in [0.4, 0.5) is 0 Å². The number of furan rings is 1. The van der Waals surface area contributed by atoms with Crippen molar-refractivity contribution < 1.29 is 19.1 Å². The molecule has 1 N–H and O–H groups in total. The molecule has 0 saturated heterocycles. The monoisotopic (exact) mass is 345 g/mol. The van der Waals surface area contributed by atoms with Crippen LogP contribution in [0.1, 0.15) is 70.3 Å². The second kappa shape index (κ2) is 6.38. The summed E-state index contributed by atoms with van der Waals surface area (Å²) in [4.78, 5) is 26.1. The maximum Gasteiger partial charge on any atom is 0.356 e. The van der Waals surface area contributed by atoms with Crippen LogP contribution >= 0.6 is 0 Å². The minimum absolute atomic E-state index is 0.0427. The van der Waals surface area contributed by atoms with Crippen molar-refractivity contribution in [3.05, 3.63) is 40.1 Å². The first-order valence-electron chi connectivity index (χ1n) is 8.54. The Labute approximate surface area is 146 Å². The average molecular weight is 345 g/mol. The van der Waals surface area contributed by atoms with E-state index in [-0.39, 0.29) is 24.1 Å². The fraction of sp³-hybridized carbons (Fsp3) is 0.500. The van der Waals surface area contributed by atoms with Crippen LogP contribution in [-0.2, 0) is 19.5 Å². The molecule has 0 fully saturated rings. The summed E-state index contributed by atoms with van der Waals surface area (Å²) in [6.45, 7) is 9.15. The first-order chi connectivity index (χ1) is 11.8. The molecule has 3 rings (SSSR count). The zero-order valence-corrected chi connectivity index (χ0v) is 15.0. The smallest absolute Gasteiger partial charge is 0.356 e. The molecule has 25 heavy (non-hydrogen) atoms. The van der Waals surface area contributed by atoms with Crippen LogP contribution in [0.15, 0.2) is 10.5 Å². The Hall–Kier alpha value is -2.57. The van der Waals surface area contributed by atoms with E-state index >= 15 is 0 Å². The fourth-order valence-corrected chi connectivity index (χ4v) is 3.27. The van der Waals surface area contributed by atoms with Gasteiger partial charge in [-0.05, 0) is 19.9 Å². The van der Waals surface area contributed by atoms with Crippen LogP contribution in [-0.4, -0.2) is 38.2 Å². The van der Waals surface area contributed by atoms with Crippen LogP contribution in [0.25, 0.3) is 0 Å². The highest BCUT2D eigenvalue weighted by Gasteiger charge is 2.31. The summed E-state index contributed by atoms with van der Waals surface area (Å²) in [5, 5.41) is 13.6. The van der Waals surface area contributed by atoms with Crippen molar-refractivity contribution in [1.29, 1.82) is 0 Å². The maximum atomic E-state index is 12.9. The van der Waals surface area contributed by atoms with Gasteiger partial charge in [-0.2, -0.15) is 5.10 Å². The molecule has 0 atom stereocenters. The lowest BCUT2D eigenvalue weighted by molar-refractivity contribution is 0.0673. The highest BCUT2D eigenvalue weighted by Crippen LogP contribution is 2.27. The Bertz CT molecular complexity index is 832. The number of aromatic nitrogens is 2. The molecule has 134 valence electrons. The molecule has 0 bridgehead atoms. The van der Waals surface area contributed by atoms with E-state index in [1.54, 1.807) is 22.6 Å². The Morgan fingerprint density at radius 1 is 1.40 bits per heavy atom. The van der Waals surface area contributed by atoms with Gasteiger partial charge in [-0.1, -0.05) is 13.8 Å². The lowest BCUT2D eigenvalue weighted by Gasteiger charge is -2.27. The third-order valence-corrected chi connectivity index (χ3v) is 4.66. The summed E-state index contributed by atoms with van der Waals surface area (Å²) in [6.07, 6.45) is 0.600. The second-order valence-corrected chi connectivity index (χ2v) is 6.64. The fourth-order valence-electron chi connectivity index (χ4n) is 3.27. The number of carbonyl (C=O) groups excluding carboxylic acids is 1. The SMILES string of the molecule is CCn1nc(C(=O)O)c2c1CCN(C(=O)c1cc(C(C)C)oc1C)C2. The highest BCUT2D eigenvalue weighted by molar-refractivity contribution is 5.96. The molecule has 7 heteroatoms. The van der Waals surface area contributed by atoms with Gasteiger partial charge in [0.1, 0.15) is 11.5 Å². The maximum absolute atomic E-state index is 12.9. The Balaban J connectivity index is 1.91. The summed E-state index contributed by atoms with van der Waals surface area (Å²) in [7, 11) is 0. The molecule has 1 amide bonds. The van der Waals surface area contributed by atoms with Crippen LogP contribution in [0.5, 0.6) is 0 Å². The van der Waals surface area contributed by atoms with E-state index in [0.717, 1.165) is 11.5 Å². The molecule has 0 saturated carbocycles. The quantitative estimate of drug-likeness (QED) is 0.920. The van der Waals surface area contributed by atoms with Crippen molar-refractivity contribution >= 4 is 11.9 Å². The number of carboxylic acids is 1. The largest absolute Gasteiger partial charge is 0.476 e. The zero-order valence-electron chi connectivity index (χ0n) is 15.0. The molecule has 1 aliphatic rings. The number of amides is 1. The average Bonchev–Trinajstić information content (AvgIpc) is 3.14. The normalized spacial score (nSPS) is 14.0. The Kier molecular flexibility index (Phi) is 4.41. The molecule has 2 aromatic heterocycles. The topological polar surface area (TPSA) is 88.6 Å². The van der Waals surface area contributed by atoms with E-state index in [0.29, 0.717) is 36.4 Å². The Morgan fingerprint density at radius 3 is 2.68 bits per heavy atom. The van der Waals surface area contributed by atoms with Crippen LogP contribution in [0.3, 0.4) is 0 Å². The lowest BCUT2D eigenvalue weighted by Crippen LogP contribution is -2.36. The van der Waals surface area contributed by atoms with E-state index in [9.17, 15) is 14.7 Å². The third-order valence-electron chi connectivity index (χ3n) is 4.66. The van der Waals surface area contributed by atoms with Gasteiger partial charge in [0, 0.05) is 36.7 Å². The predicted molar refractivity (Wildman–Crippen MR) is 90.8 cm³/mol. The minimum atomic E-state index is -1.06. The number of fused-ring (bicyclic) bond motifs is 1. The number of rotatable bonds is 4. The van der Waals surface area contributed by atoms with Gasteiger partial charge in [-0.15, -0.1) is 0 Å². The standard InChI is InChI=1S/C18H23N3O4/c1-5-21-14-6-7-20(9-13(14)16(19-21)18(23)24)17(22)12-8-15(10(2)3)25-11(12)4/h8,10H,5-7,9H2,1-4H3,(H,23,24). The Morgan fingerprint density at radius 2 is 2.12 bits per heavy atom. The molecule has 1 aliphatic heterocycles. The molecule has 0 unspecified atom stereocenters. The van der Waals surface area contributed by atoms with Gasteiger partial charge in [0.05, 0.1) is 12.1 Å². The zero-order chi connectivity index (χ0) is 18.3. The first kappa shape index (κ1) is 17.3. The minimum Gasteiger partial charge on any atom is -0.476 e. The first-order valence-corrected chi connectivity index (χ1v) is 8.54. The molecule has 3 heterocycles. The van der Waals surface area contributed by atoms with Gasteiger partial charge < -0.3 is 14.4 Å². The van der Waals surface area contributed by atoms with Crippen LogP contribution < -0.4 is 0 Å². The van der Waals surface area contributed by atoms with Gasteiger partial charge >= 0.3 is 5.97 Å². The summed E-state index contributed by atoms with van der Waals surface area (Å²) < 4.78 is 7.41. The highest BCUT2D eigenvalue weighted by atomic mass is 16.4.